The predicted molar refractivity (Wildman–Crippen MR) is 96.4 cm³/mol. The van der Waals surface area contributed by atoms with Crippen LogP contribution in [0, 0.1) is 0 Å². The number of hydrogen-bond donors (Lipinski definition) is 11. The van der Waals surface area contributed by atoms with E-state index in [1.165, 1.54) is 0 Å². The van der Waals surface area contributed by atoms with Crippen LogP contribution in [-0.4, -0.2) is 142 Å². The molecule has 10 atom stereocenters. The summed E-state index contributed by atoms with van der Waals surface area (Å²) in [6.45, 7) is 0.609. The van der Waals surface area contributed by atoms with Crippen LogP contribution < -0.4 is 16.0 Å². The molecule has 29 heavy (non-hydrogen) atoms. The van der Waals surface area contributed by atoms with Gasteiger partial charge in [0.2, 0.25) is 0 Å². The van der Waals surface area contributed by atoms with Gasteiger partial charge in [0.25, 0.3) is 0 Å². The van der Waals surface area contributed by atoms with Gasteiger partial charge in [-0.15, -0.1) is 0 Å². The lowest BCUT2D eigenvalue weighted by molar-refractivity contribution is -0.236. The highest BCUT2D eigenvalue weighted by Crippen LogP contribution is 2.20. The van der Waals surface area contributed by atoms with Crippen LogP contribution in [0.5, 0.6) is 0 Å². The normalized spacial score (nSPS) is 43.4. The van der Waals surface area contributed by atoms with Crippen molar-refractivity contribution in [3.8, 4) is 0 Å². The van der Waals surface area contributed by atoms with Crippen molar-refractivity contribution in [1.82, 2.24) is 16.0 Å². The van der Waals surface area contributed by atoms with Crippen molar-refractivity contribution in [1.29, 1.82) is 0 Å². The van der Waals surface area contributed by atoms with Gasteiger partial charge in [0.15, 0.2) is 0 Å². The van der Waals surface area contributed by atoms with Crippen LogP contribution in [0.25, 0.3) is 0 Å². The van der Waals surface area contributed by atoms with Gasteiger partial charge in [0, 0.05) is 26.2 Å². The average molecular weight is 427 g/mol. The Morgan fingerprint density at radius 3 is 1.24 bits per heavy atom. The maximum Gasteiger partial charge on any atom is 0.137 e. The van der Waals surface area contributed by atoms with Gasteiger partial charge in [-0.25, -0.2) is 0 Å². The molecule has 0 aromatic carbocycles. The van der Waals surface area contributed by atoms with Gasteiger partial charge in [-0.05, 0) is 0 Å². The lowest BCUT2D eigenvalue weighted by Crippen LogP contribution is -2.63. The summed E-state index contributed by atoms with van der Waals surface area (Å²) in [6.07, 6.45) is -12.2. The fourth-order valence-corrected chi connectivity index (χ4v) is 3.27. The zero-order chi connectivity index (χ0) is 21.6. The van der Waals surface area contributed by atoms with Crippen LogP contribution in [0.2, 0.25) is 0 Å². The molecule has 11 N–H and O–H groups in total. The molecule has 0 aromatic heterocycles. The Labute approximate surface area is 167 Å². The van der Waals surface area contributed by atoms with Gasteiger partial charge in [0.05, 0.1) is 13.2 Å². The number of aliphatic hydroxyl groups excluding tert-OH is 8. The Kier molecular flexibility index (Phi) is 10.0. The van der Waals surface area contributed by atoms with E-state index >= 15 is 0 Å². The van der Waals surface area contributed by atoms with E-state index in [1.807, 2.05) is 0 Å². The van der Waals surface area contributed by atoms with Crippen LogP contribution >= 0.6 is 0 Å². The van der Waals surface area contributed by atoms with Crippen LogP contribution in [0.15, 0.2) is 0 Å². The highest BCUT2D eigenvalue weighted by atomic mass is 16.6. The SMILES string of the molecule is OCC1OC(NCCNCCNC2OC(CO)C(O)C(O)C2O)C(O)C(O)C1O. The number of rotatable bonds is 10. The first kappa shape index (κ1) is 24.7. The minimum atomic E-state index is -1.44. The van der Waals surface area contributed by atoms with Gasteiger partial charge >= 0.3 is 0 Å². The Morgan fingerprint density at radius 2 is 0.897 bits per heavy atom. The van der Waals surface area contributed by atoms with Crippen LogP contribution in [-0.2, 0) is 9.47 Å². The number of aliphatic hydroxyl groups is 8. The number of nitrogens with one attached hydrogen (secondary N) is 3. The summed E-state index contributed by atoms with van der Waals surface area (Å²) in [4.78, 5) is 0. The van der Waals surface area contributed by atoms with Crippen molar-refractivity contribution in [2.24, 2.45) is 0 Å². The van der Waals surface area contributed by atoms with Gasteiger partial charge in [-0.3, -0.25) is 10.6 Å². The predicted octanol–water partition coefficient (Wildman–Crippen LogP) is -6.64. The summed E-state index contributed by atoms with van der Waals surface area (Å²) in [5, 5.41) is 85.8. The minimum Gasteiger partial charge on any atom is -0.394 e. The summed E-state index contributed by atoms with van der Waals surface area (Å²) >= 11 is 0. The fraction of sp³-hybridized carbons (Fsp3) is 1.00. The lowest BCUT2D eigenvalue weighted by Gasteiger charge is -2.40. The van der Waals surface area contributed by atoms with Crippen molar-refractivity contribution < 1.29 is 50.3 Å². The van der Waals surface area contributed by atoms with Gasteiger partial charge in [-0.2, -0.15) is 0 Å². The molecule has 0 spiro atoms. The second-order valence-corrected chi connectivity index (χ2v) is 7.16. The zero-order valence-electron chi connectivity index (χ0n) is 15.9. The minimum absolute atomic E-state index is 0.350. The van der Waals surface area contributed by atoms with Gasteiger partial charge in [-0.1, -0.05) is 0 Å². The second kappa shape index (κ2) is 11.8. The summed E-state index contributed by atoms with van der Waals surface area (Å²) in [6, 6.07) is 0. The van der Waals surface area contributed by atoms with Crippen molar-refractivity contribution in [2.45, 2.75) is 61.3 Å². The highest BCUT2D eigenvalue weighted by molar-refractivity contribution is 4.92. The average Bonchev–Trinajstić information content (AvgIpc) is 2.72. The molecule has 0 amide bonds. The molecule has 2 saturated heterocycles. The molecule has 172 valence electrons. The standard InChI is InChI=1S/C16H33N3O10/c20-5-7-9(22)11(24)13(26)15(28-7)18-3-1-17-2-4-19-16-14(27)12(25)10(23)8(6-21)29-16/h7-27H,1-6H2. The number of ether oxygens (including phenoxy) is 2. The molecule has 2 fully saturated rings. The van der Waals surface area contributed by atoms with E-state index in [0.29, 0.717) is 26.2 Å². The molecule has 0 radical (unpaired) electrons. The van der Waals surface area contributed by atoms with E-state index in [2.05, 4.69) is 16.0 Å². The topological polar surface area (TPSA) is 216 Å². The van der Waals surface area contributed by atoms with Crippen LogP contribution in [0.3, 0.4) is 0 Å². The molecule has 0 aromatic rings. The van der Waals surface area contributed by atoms with E-state index in [0.717, 1.165) is 0 Å². The fourth-order valence-electron chi connectivity index (χ4n) is 3.27. The Bertz CT molecular complexity index is 434. The Balaban J connectivity index is 1.61. The van der Waals surface area contributed by atoms with E-state index in [1.54, 1.807) is 0 Å². The molecule has 2 aliphatic rings. The quantitative estimate of drug-likeness (QED) is 0.146. The lowest BCUT2D eigenvalue weighted by atomic mass is 9.98. The molecule has 10 unspecified atom stereocenters. The first-order chi connectivity index (χ1) is 13.8. The summed E-state index contributed by atoms with van der Waals surface area (Å²) < 4.78 is 10.6. The third kappa shape index (κ3) is 6.24. The van der Waals surface area contributed by atoms with E-state index in [9.17, 15) is 30.6 Å². The third-order valence-electron chi connectivity index (χ3n) is 5.08. The van der Waals surface area contributed by atoms with Crippen molar-refractivity contribution in [3.05, 3.63) is 0 Å². The summed E-state index contributed by atoms with van der Waals surface area (Å²) in [7, 11) is 0. The number of hydrogen-bond acceptors (Lipinski definition) is 13. The van der Waals surface area contributed by atoms with Gasteiger partial charge in [0.1, 0.15) is 61.3 Å². The zero-order valence-corrected chi connectivity index (χ0v) is 15.9. The molecular weight excluding hydrogens is 394 g/mol. The van der Waals surface area contributed by atoms with Crippen LogP contribution in [0.1, 0.15) is 0 Å². The smallest absolute Gasteiger partial charge is 0.137 e. The maximum atomic E-state index is 9.91. The third-order valence-corrected chi connectivity index (χ3v) is 5.08. The summed E-state index contributed by atoms with van der Waals surface area (Å²) in [5.74, 6) is 0. The molecule has 2 heterocycles. The molecule has 0 bridgehead atoms. The van der Waals surface area contributed by atoms with Gasteiger partial charge < -0.3 is 55.6 Å². The molecule has 13 nitrogen and oxygen atoms in total. The second-order valence-electron chi connectivity index (χ2n) is 7.16. The van der Waals surface area contributed by atoms with E-state index in [-0.39, 0.29) is 0 Å². The molecule has 2 aliphatic heterocycles. The molecule has 0 saturated carbocycles. The highest BCUT2D eigenvalue weighted by Gasteiger charge is 2.44. The van der Waals surface area contributed by atoms with Crippen LogP contribution in [0.4, 0.5) is 0 Å². The Morgan fingerprint density at radius 1 is 0.517 bits per heavy atom. The molecule has 2 rings (SSSR count). The van der Waals surface area contributed by atoms with Crippen molar-refractivity contribution >= 4 is 0 Å². The van der Waals surface area contributed by atoms with Crippen molar-refractivity contribution in [3.63, 3.8) is 0 Å². The molecule has 0 aliphatic carbocycles. The molecule has 13 heteroatoms. The monoisotopic (exact) mass is 427 g/mol. The summed E-state index contributed by atoms with van der Waals surface area (Å²) in [5.41, 5.74) is 0. The first-order valence-electron chi connectivity index (χ1n) is 9.60. The van der Waals surface area contributed by atoms with Crippen molar-refractivity contribution in [2.75, 3.05) is 39.4 Å². The van der Waals surface area contributed by atoms with E-state index < -0.39 is 74.5 Å². The maximum absolute atomic E-state index is 9.91. The van der Waals surface area contributed by atoms with E-state index in [4.69, 9.17) is 19.7 Å². The molecular formula is C16H33N3O10. The first-order valence-corrected chi connectivity index (χ1v) is 9.60. The Hall–Kier alpha value is -0.520. The largest absolute Gasteiger partial charge is 0.394 e.